The van der Waals surface area contributed by atoms with Crippen LogP contribution < -0.4 is 10.1 Å². The van der Waals surface area contributed by atoms with Gasteiger partial charge in [0.05, 0.1) is 23.4 Å². The number of carbonyl (C=O) groups excluding carboxylic acids is 1. The van der Waals surface area contributed by atoms with E-state index in [0.29, 0.717) is 32.1 Å². The second kappa shape index (κ2) is 6.52. The number of aromatic nitrogens is 2. The van der Waals surface area contributed by atoms with Crippen molar-refractivity contribution in [2.45, 2.75) is 0 Å². The first-order chi connectivity index (χ1) is 11.1. The fourth-order valence-electron chi connectivity index (χ4n) is 2.16. The van der Waals surface area contributed by atoms with Crippen molar-refractivity contribution >= 4 is 50.0 Å². The van der Waals surface area contributed by atoms with Gasteiger partial charge in [-0.2, -0.15) is 0 Å². The van der Waals surface area contributed by atoms with Gasteiger partial charge in [0.1, 0.15) is 15.9 Å². The van der Waals surface area contributed by atoms with E-state index in [1.165, 1.54) is 6.20 Å². The Balaban J connectivity index is 1.98. The van der Waals surface area contributed by atoms with Gasteiger partial charge in [0.2, 0.25) is 0 Å². The molecule has 1 aromatic carbocycles. The van der Waals surface area contributed by atoms with Crippen LogP contribution in [0.2, 0.25) is 5.02 Å². The molecule has 7 heteroatoms. The van der Waals surface area contributed by atoms with E-state index in [-0.39, 0.29) is 5.91 Å². The molecule has 0 radical (unpaired) electrons. The number of rotatable bonds is 3. The molecular formula is C16H11BrClN3O2. The van der Waals surface area contributed by atoms with Crippen LogP contribution in [-0.2, 0) is 0 Å². The Morgan fingerprint density at radius 1 is 1.30 bits per heavy atom. The number of halogens is 2. The van der Waals surface area contributed by atoms with E-state index >= 15 is 0 Å². The van der Waals surface area contributed by atoms with Gasteiger partial charge in [0, 0.05) is 17.8 Å². The lowest BCUT2D eigenvalue weighted by Gasteiger charge is -2.11. The first-order valence-electron chi connectivity index (χ1n) is 6.64. The van der Waals surface area contributed by atoms with Gasteiger partial charge in [0.25, 0.3) is 5.91 Å². The van der Waals surface area contributed by atoms with Gasteiger partial charge in [-0.1, -0.05) is 11.6 Å². The van der Waals surface area contributed by atoms with Crippen LogP contribution in [-0.4, -0.2) is 23.0 Å². The lowest BCUT2D eigenvalue weighted by molar-refractivity contribution is 0.102. The minimum Gasteiger partial charge on any atom is -0.494 e. The Bertz CT molecular complexity index is 902. The van der Waals surface area contributed by atoms with E-state index in [2.05, 4.69) is 31.2 Å². The largest absolute Gasteiger partial charge is 0.494 e. The topological polar surface area (TPSA) is 64.1 Å². The number of nitrogens with zero attached hydrogens (tertiary/aromatic N) is 2. The summed E-state index contributed by atoms with van der Waals surface area (Å²) in [5.41, 5.74) is 1.68. The second-order valence-electron chi connectivity index (χ2n) is 4.67. The number of carbonyl (C=O) groups is 1. The highest BCUT2D eigenvalue weighted by Gasteiger charge is 2.13. The number of methoxy groups -OCH3 is 1. The van der Waals surface area contributed by atoms with E-state index < -0.39 is 0 Å². The Morgan fingerprint density at radius 3 is 2.87 bits per heavy atom. The van der Waals surface area contributed by atoms with Crippen LogP contribution in [0.15, 0.2) is 47.3 Å². The van der Waals surface area contributed by atoms with Crippen molar-refractivity contribution in [3.8, 4) is 5.75 Å². The van der Waals surface area contributed by atoms with Gasteiger partial charge < -0.3 is 10.1 Å². The Labute approximate surface area is 145 Å². The van der Waals surface area contributed by atoms with Crippen LogP contribution in [0.3, 0.4) is 0 Å². The van der Waals surface area contributed by atoms with Crippen molar-refractivity contribution in [2.75, 3.05) is 12.4 Å². The van der Waals surface area contributed by atoms with Crippen molar-refractivity contribution in [1.82, 2.24) is 9.97 Å². The molecule has 3 rings (SSSR count). The average molecular weight is 393 g/mol. The van der Waals surface area contributed by atoms with Gasteiger partial charge in [0.15, 0.2) is 0 Å². The number of hydrogen-bond donors (Lipinski definition) is 1. The van der Waals surface area contributed by atoms with Crippen molar-refractivity contribution in [3.63, 3.8) is 0 Å². The monoisotopic (exact) mass is 391 g/mol. The SMILES string of the molecule is COc1ccc(NC(=O)c2cnc(Br)c(Cl)c2)c2cccnc12. The zero-order valence-electron chi connectivity index (χ0n) is 12.0. The number of pyridine rings is 2. The summed E-state index contributed by atoms with van der Waals surface area (Å²) in [5, 5.41) is 4.01. The molecule has 0 aliphatic rings. The van der Waals surface area contributed by atoms with Crippen LogP contribution in [0, 0.1) is 0 Å². The van der Waals surface area contributed by atoms with E-state index in [9.17, 15) is 4.79 Å². The first-order valence-corrected chi connectivity index (χ1v) is 7.81. The highest BCUT2D eigenvalue weighted by atomic mass is 79.9. The van der Waals surface area contributed by atoms with Crippen LogP contribution in [0.1, 0.15) is 10.4 Å². The number of amides is 1. The lowest BCUT2D eigenvalue weighted by atomic mass is 10.1. The van der Waals surface area contributed by atoms with Gasteiger partial charge in [-0.05, 0) is 46.3 Å². The zero-order valence-corrected chi connectivity index (χ0v) is 14.4. The third-order valence-electron chi connectivity index (χ3n) is 3.26. The summed E-state index contributed by atoms with van der Waals surface area (Å²) < 4.78 is 5.79. The second-order valence-corrected chi connectivity index (χ2v) is 5.82. The minimum atomic E-state index is -0.304. The molecule has 0 bridgehead atoms. The van der Waals surface area contributed by atoms with Crippen LogP contribution in [0.25, 0.3) is 10.9 Å². The third kappa shape index (κ3) is 3.13. The van der Waals surface area contributed by atoms with Crippen LogP contribution in [0.4, 0.5) is 5.69 Å². The van der Waals surface area contributed by atoms with Crippen LogP contribution in [0.5, 0.6) is 5.75 Å². The summed E-state index contributed by atoms with van der Waals surface area (Å²) in [6, 6.07) is 8.76. The molecule has 5 nitrogen and oxygen atoms in total. The molecule has 23 heavy (non-hydrogen) atoms. The molecular weight excluding hydrogens is 382 g/mol. The zero-order chi connectivity index (χ0) is 16.4. The average Bonchev–Trinajstić information content (AvgIpc) is 2.57. The molecule has 0 atom stereocenters. The molecule has 2 heterocycles. The van der Waals surface area contributed by atoms with Gasteiger partial charge in [-0.3, -0.25) is 9.78 Å². The van der Waals surface area contributed by atoms with Crippen molar-refractivity contribution in [2.24, 2.45) is 0 Å². The summed E-state index contributed by atoms with van der Waals surface area (Å²) in [5.74, 6) is 0.342. The molecule has 0 saturated carbocycles. The number of fused-ring (bicyclic) bond motifs is 1. The molecule has 0 unspecified atom stereocenters. The lowest BCUT2D eigenvalue weighted by Crippen LogP contribution is -2.12. The quantitative estimate of drug-likeness (QED) is 0.675. The normalized spacial score (nSPS) is 10.6. The van der Waals surface area contributed by atoms with Gasteiger partial charge >= 0.3 is 0 Å². The molecule has 0 aliphatic carbocycles. The summed E-state index contributed by atoms with van der Waals surface area (Å²) >= 11 is 9.18. The highest BCUT2D eigenvalue weighted by Crippen LogP contribution is 2.30. The number of hydrogen-bond acceptors (Lipinski definition) is 4. The highest BCUT2D eigenvalue weighted by molar-refractivity contribution is 9.10. The molecule has 0 spiro atoms. The summed E-state index contributed by atoms with van der Waals surface area (Å²) in [6.45, 7) is 0. The maximum absolute atomic E-state index is 12.4. The predicted octanol–water partition coefficient (Wildman–Crippen LogP) is 4.31. The Kier molecular flexibility index (Phi) is 4.45. The van der Waals surface area contributed by atoms with Crippen molar-refractivity contribution in [1.29, 1.82) is 0 Å². The number of ether oxygens (including phenoxy) is 1. The number of nitrogens with one attached hydrogen (secondary N) is 1. The standard InChI is InChI=1S/C16H11BrClN3O2/c1-23-13-5-4-12(10-3-2-6-19-14(10)13)21-16(22)9-7-11(18)15(17)20-8-9/h2-8H,1H3,(H,21,22). The molecule has 116 valence electrons. The maximum Gasteiger partial charge on any atom is 0.257 e. The molecule has 0 aliphatic heterocycles. The van der Waals surface area contributed by atoms with Crippen molar-refractivity contribution < 1.29 is 9.53 Å². The number of benzene rings is 1. The fourth-order valence-corrected chi connectivity index (χ4v) is 2.54. The molecule has 1 N–H and O–H groups in total. The fraction of sp³-hybridized carbons (Fsp3) is 0.0625. The van der Waals surface area contributed by atoms with Crippen LogP contribution >= 0.6 is 27.5 Å². The van der Waals surface area contributed by atoms with Crippen molar-refractivity contribution in [3.05, 3.63) is 57.9 Å². The molecule has 1 amide bonds. The van der Waals surface area contributed by atoms with E-state index in [1.54, 1.807) is 37.6 Å². The predicted molar refractivity (Wildman–Crippen MR) is 93.2 cm³/mol. The smallest absolute Gasteiger partial charge is 0.257 e. The van der Waals surface area contributed by atoms with E-state index in [1.807, 2.05) is 6.07 Å². The molecule has 0 saturated heterocycles. The summed E-state index contributed by atoms with van der Waals surface area (Å²) in [7, 11) is 1.58. The van der Waals surface area contributed by atoms with Gasteiger partial charge in [-0.25, -0.2) is 4.98 Å². The first kappa shape index (κ1) is 15.7. The maximum atomic E-state index is 12.4. The number of anilines is 1. The Hall–Kier alpha value is -2.18. The summed E-state index contributed by atoms with van der Waals surface area (Å²) in [4.78, 5) is 20.7. The third-order valence-corrected chi connectivity index (χ3v) is 4.41. The molecule has 0 fully saturated rings. The van der Waals surface area contributed by atoms with Gasteiger partial charge in [-0.15, -0.1) is 0 Å². The molecule has 2 aromatic heterocycles. The minimum absolute atomic E-state index is 0.304. The molecule has 3 aromatic rings. The summed E-state index contributed by atoms with van der Waals surface area (Å²) in [6.07, 6.45) is 3.13. The van der Waals surface area contributed by atoms with E-state index in [0.717, 1.165) is 5.39 Å². The van der Waals surface area contributed by atoms with E-state index in [4.69, 9.17) is 16.3 Å². The Morgan fingerprint density at radius 2 is 2.13 bits per heavy atom.